The number of pyridine rings is 1. The molecular formula is C24H32N2O4. The van der Waals surface area contributed by atoms with Crippen LogP contribution in [0.25, 0.3) is 0 Å². The summed E-state index contributed by atoms with van der Waals surface area (Å²) in [4.78, 5) is 32.4. The van der Waals surface area contributed by atoms with E-state index in [4.69, 9.17) is 9.47 Å². The van der Waals surface area contributed by atoms with Gasteiger partial charge in [-0.2, -0.15) is 0 Å². The second-order valence-corrected chi connectivity index (χ2v) is 7.84. The fourth-order valence-electron chi connectivity index (χ4n) is 3.90. The molecular weight excluding hydrogens is 380 g/mol. The van der Waals surface area contributed by atoms with Crippen LogP contribution in [0.2, 0.25) is 0 Å². The van der Waals surface area contributed by atoms with Crippen molar-refractivity contribution in [1.82, 2.24) is 9.88 Å². The lowest BCUT2D eigenvalue weighted by molar-refractivity contribution is -0.142. The number of methoxy groups -OCH3 is 2. The van der Waals surface area contributed by atoms with Crippen molar-refractivity contribution in [2.24, 2.45) is 0 Å². The number of rotatable bonds is 9. The molecule has 2 atom stereocenters. The van der Waals surface area contributed by atoms with Gasteiger partial charge in [-0.15, -0.1) is 0 Å². The van der Waals surface area contributed by atoms with Crippen molar-refractivity contribution >= 4 is 11.9 Å². The Morgan fingerprint density at radius 1 is 0.933 bits per heavy atom. The van der Waals surface area contributed by atoms with Crippen molar-refractivity contribution in [3.63, 3.8) is 0 Å². The van der Waals surface area contributed by atoms with Crippen LogP contribution in [0.15, 0.2) is 48.7 Å². The van der Waals surface area contributed by atoms with Gasteiger partial charge < -0.3 is 14.4 Å². The highest BCUT2D eigenvalue weighted by Crippen LogP contribution is 2.38. The molecule has 0 saturated heterocycles. The van der Waals surface area contributed by atoms with E-state index in [1.165, 1.54) is 7.11 Å². The zero-order valence-corrected chi connectivity index (χ0v) is 18.7. The molecule has 162 valence electrons. The number of hydrogen-bond donors (Lipinski definition) is 0. The Labute approximate surface area is 179 Å². The maximum atomic E-state index is 13.9. The fraction of sp³-hybridized carbons (Fsp3) is 0.458. The normalized spacial score (nSPS) is 13.1. The molecule has 0 spiro atoms. The molecule has 6 nitrogen and oxygen atoms in total. The Kier molecular flexibility index (Phi) is 8.39. The summed E-state index contributed by atoms with van der Waals surface area (Å²) in [5.74, 6) is -0.888. The lowest BCUT2D eigenvalue weighted by Crippen LogP contribution is -2.46. The van der Waals surface area contributed by atoms with E-state index < -0.39 is 11.8 Å². The summed E-state index contributed by atoms with van der Waals surface area (Å²) in [6.07, 6.45) is 1.74. The van der Waals surface area contributed by atoms with Crippen LogP contribution < -0.4 is 4.74 Å². The number of aromatic nitrogens is 1. The summed E-state index contributed by atoms with van der Waals surface area (Å²) in [5, 5.41) is 0. The van der Waals surface area contributed by atoms with Crippen molar-refractivity contribution in [2.75, 3.05) is 14.2 Å². The van der Waals surface area contributed by atoms with Gasteiger partial charge in [0.25, 0.3) is 0 Å². The minimum atomic E-state index is -0.551. The third-order valence-electron chi connectivity index (χ3n) is 5.21. The number of nitrogens with zero attached hydrogens (tertiary/aromatic N) is 2. The summed E-state index contributed by atoms with van der Waals surface area (Å²) in [7, 11) is 2.91. The zero-order chi connectivity index (χ0) is 22.3. The number of carbonyl (C=O) groups excluding carboxylic acids is 2. The van der Waals surface area contributed by atoms with Crippen LogP contribution in [0, 0.1) is 0 Å². The SMILES string of the molecule is COC(=O)CC(c1ccc(OC)nc1)C(C(=O)N(C(C)C)C(C)C)c1ccccc1. The third-order valence-corrected chi connectivity index (χ3v) is 5.21. The molecule has 0 aliphatic carbocycles. The maximum Gasteiger partial charge on any atom is 0.306 e. The molecule has 2 rings (SSSR count). The molecule has 6 heteroatoms. The molecule has 1 amide bonds. The van der Waals surface area contributed by atoms with Crippen molar-refractivity contribution in [3.8, 4) is 5.88 Å². The molecule has 0 saturated carbocycles. The molecule has 1 aromatic carbocycles. The van der Waals surface area contributed by atoms with Crippen LogP contribution in [-0.4, -0.2) is 48.1 Å². The minimum Gasteiger partial charge on any atom is -0.481 e. The van der Waals surface area contributed by atoms with Gasteiger partial charge in [0.05, 0.1) is 26.6 Å². The molecule has 1 aromatic heterocycles. The number of carbonyl (C=O) groups is 2. The summed E-state index contributed by atoms with van der Waals surface area (Å²) < 4.78 is 10.1. The van der Waals surface area contributed by atoms with Gasteiger partial charge in [0.1, 0.15) is 0 Å². The molecule has 0 aliphatic heterocycles. The van der Waals surface area contributed by atoms with Crippen LogP contribution in [-0.2, 0) is 14.3 Å². The van der Waals surface area contributed by atoms with E-state index in [1.54, 1.807) is 19.4 Å². The first-order chi connectivity index (χ1) is 14.3. The van der Waals surface area contributed by atoms with Crippen molar-refractivity contribution in [3.05, 3.63) is 59.8 Å². The summed E-state index contributed by atoms with van der Waals surface area (Å²) in [6.45, 7) is 8.02. The molecule has 2 aromatic rings. The van der Waals surface area contributed by atoms with E-state index in [2.05, 4.69) is 4.98 Å². The molecule has 2 unspecified atom stereocenters. The number of esters is 1. The maximum absolute atomic E-state index is 13.9. The molecule has 0 N–H and O–H groups in total. The Bertz CT molecular complexity index is 811. The van der Waals surface area contributed by atoms with Gasteiger partial charge in [-0.3, -0.25) is 9.59 Å². The van der Waals surface area contributed by atoms with E-state index in [-0.39, 0.29) is 30.4 Å². The predicted molar refractivity (Wildman–Crippen MR) is 116 cm³/mol. The second-order valence-electron chi connectivity index (χ2n) is 7.84. The number of benzene rings is 1. The lowest BCUT2D eigenvalue weighted by atomic mass is 9.78. The Morgan fingerprint density at radius 3 is 2.03 bits per heavy atom. The smallest absolute Gasteiger partial charge is 0.306 e. The molecule has 1 heterocycles. The molecule has 0 aliphatic rings. The first kappa shape index (κ1) is 23.4. The highest BCUT2D eigenvalue weighted by Gasteiger charge is 2.37. The van der Waals surface area contributed by atoms with E-state index in [0.29, 0.717) is 5.88 Å². The van der Waals surface area contributed by atoms with E-state index in [9.17, 15) is 9.59 Å². The summed E-state index contributed by atoms with van der Waals surface area (Å²) >= 11 is 0. The summed E-state index contributed by atoms with van der Waals surface area (Å²) in [6, 6.07) is 13.3. The van der Waals surface area contributed by atoms with Crippen LogP contribution in [0.3, 0.4) is 0 Å². The largest absolute Gasteiger partial charge is 0.481 e. The standard InChI is InChI=1S/C24H32N2O4/c1-16(2)26(17(3)4)24(28)23(18-10-8-7-9-11-18)20(14-22(27)30-6)19-12-13-21(29-5)25-15-19/h7-13,15-17,20,23H,14H2,1-6H3. The lowest BCUT2D eigenvalue weighted by Gasteiger charge is -2.37. The monoisotopic (exact) mass is 412 g/mol. The molecule has 0 radical (unpaired) electrons. The quantitative estimate of drug-likeness (QED) is 0.578. The van der Waals surface area contributed by atoms with Gasteiger partial charge in [-0.1, -0.05) is 36.4 Å². The molecule has 0 fully saturated rings. The third kappa shape index (κ3) is 5.59. The van der Waals surface area contributed by atoms with Crippen LogP contribution in [0.4, 0.5) is 0 Å². The second kappa shape index (κ2) is 10.8. The predicted octanol–water partition coefficient (Wildman–Crippen LogP) is 4.17. The van der Waals surface area contributed by atoms with Gasteiger partial charge >= 0.3 is 5.97 Å². The fourth-order valence-corrected chi connectivity index (χ4v) is 3.90. The van der Waals surface area contributed by atoms with Gasteiger partial charge in [-0.05, 0) is 38.8 Å². The number of ether oxygens (including phenoxy) is 2. The van der Waals surface area contributed by atoms with Crippen LogP contribution >= 0.6 is 0 Å². The zero-order valence-electron chi connectivity index (χ0n) is 18.7. The van der Waals surface area contributed by atoms with Crippen LogP contribution in [0.5, 0.6) is 5.88 Å². The topological polar surface area (TPSA) is 68.7 Å². The van der Waals surface area contributed by atoms with Gasteiger partial charge in [-0.25, -0.2) is 4.98 Å². The minimum absolute atomic E-state index is 0.0177. The first-order valence-electron chi connectivity index (χ1n) is 10.2. The van der Waals surface area contributed by atoms with E-state index in [0.717, 1.165) is 11.1 Å². The highest BCUT2D eigenvalue weighted by molar-refractivity contribution is 5.86. The highest BCUT2D eigenvalue weighted by atomic mass is 16.5. The number of amides is 1. The number of hydrogen-bond acceptors (Lipinski definition) is 5. The van der Waals surface area contributed by atoms with Crippen molar-refractivity contribution in [1.29, 1.82) is 0 Å². The van der Waals surface area contributed by atoms with Gasteiger partial charge in [0.15, 0.2) is 0 Å². The van der Waals surface area contributed by atoms with Gasteiger partial charge in [0.2, 0.25) is 11.8 Å². The van der Waals surface area contributed by atoms with Crippen molar-refractivity contribution in [2.45, 2.75) is 58.0 Å². The van der Waals surface area contributed by atoms with Crippen LogP contribution in [0.1, 0.15) is 57.1 Å². The first-order valence-corrected chi connectivity index (χ1v) is 10.2. The molecule has 30 heavy (non-hydrogen) atoms. The Hall–Kier alpha value is -2.89. The Morgan fingerprint density at radius 2 is 1.57 bits per heavy atom. The van der Waals surface area contributed by atoms with E-state index in [1.807, 2.05) is 69.0 Å². The van der Waals surface area contributed by atoms with Crippen molar-refractivity contribution < 1.29 is 19.1 Å². The van der Waals surface area contributed by atoms with E-state index >= 15 is 0 Å². The van der Waals surface area contributed by atoms with Gasteiger partial charge in [0, 0.05) is 30.3 Å². The molecule has 0 bridgehead atoms. The summed E-state index contributed by atoms with van der Waals surface area (Å²) in [5.41, 5.74) is 1.65. The average molecular weight is 413 g/mol. The average Bonchev–Trinajstić information content (AvgIpc) is 2.73. The Balaban J connectivity index is 2.61.